The second-order valence-corrected chi connectivity index (χ2v) is 0.683. The second-order valence-electron chi connectivity index (χ2n) is 0.394. The van der Waals surface area contributed by atoms with Crippen molar-refractivity contribution in [3.05, 3.63) is 0 Å². The van der Waals surface area contributed by atoms with Crippen molar-refractivity contribution >= 4 is 22.8 Å². The van der Waals surface area contributed by atoms with Gasteiger partial charge in [-0.15, -0.1) is 0 Å². The topological polar surface area (TPSA) is 80.9 Å². The number of carbonyl (C=O) groups is 1. The van der Waals surface area contributed by atoms with Crippen molar-refractivity contribution in [2.24, 2.45) is 0 Å². The minimum absolute atomic E-state index is 0. The van der Waals surface area contributed by atoms with Gasteiger partial charge in [0, 0.05) is 0 Å². The van der Waals surface area contributed by atoms with E-state index < -0.39 is 6.16 Å². The van der Waals surface area contributed by atoms with Gasteiger partial charge in [0.05, 0.1) is 0 Å². The Morgan fingerprint density at radius 2 is 1.86 bits per heavy atom. The molecular formula is CH3AlKO4. The smallest absolute Gasteiger partial charge is 0.668 e. The van der Waals surface area contributed by atoms with E-state index in [0.29, 0.717) is 0 Å². The molecule has 0 aromatic heterocycles. The molecule has 0 aliphatic heterocycles. The summed E-state index contributed by atoms with van der Waals surface area (Å²) >= 11 is 0.872. The molecule has 0 rings (SSSR count). The van der Waals surface area contributed by atoms with Crippen molar-refractivity contribution in [2.75, 3.05) is 0 Å². The van der Waals surface area contributed by atoms with E-state index >= 15 is 0 Å². The van der Waals surface area contributed by atoms with Gasteiger partial charge in [0.15, 0.2) is 0 Å². The fraction of sp³-hybridized carbons (Fsp3) is 0. The summed E-state index contributed by atoms with van der Waals surface area (Å²) in [6.45, 7) is 0. The molecule has 7 heavy (non-hydrogen) atoms. The van der Waals surface area contributed by atoms with Gasteiger partial charge in [-0.25, -0.2) is 0 Å². The van der Waals surface area contributed by atoms with Crippen molar-refractivity contribution in [3.63, 3.8) is 0 Å². The molecule has 0 spiro atoms. The molecule has 1 radical (unpaired) electrons. The van der Waals surface area contributed by atoms with Crippen LogP contribution in [0.2, 0.25) is 0 Å². The fourth-order valence-electron chi connectivity index (χ4n) is 0. The first-order valence-corrected chi connectivity index (χ1v) is 1.48. The summed E-state index contributed by atoms with van der Waals surface area (Å²) in [5.41, 5.74) is 0. The fourth-order valence-corrected chi connectivity index (χ4v) is 0. The predicted octanol–water partition coefficient (Wildman–Crippen LogP) is -5.66. The van der Waals surface area contributed by atoms with Gasteiger partial charge in [-0.1, -0.05) is 0 Å². The van der Waals surface area contributed by atoms with Crippen molar-refractivity contribution in [1.82, 2.24) is 0 Å². The van der Waals surface area contributed by atoms with Gasteiger partial charge in [-0.05, 0) is 0 Å². The molecule has 0 saturated heterocycles. The molecule has 0 bridgehead atoms. The van der Waals surface area contributed by atoms with Crippen molar-refractivity contribution < 1.29 is 70.6 Å². The zero-order valence-corrected chi connectivity index (χ0v) is 8.47. The van der Waals surface area contributed by atoms with E-state index in [-0.39, 0.29) is 56.9 Å². The molecule has 2 N–H and O–H groups in total. The van der Waals surface area contributed by atoms with Crippen LogP contribution < -0.4 is 56.5 Å². The molecule has 0 heterocycles. The Kier molecular flexibility index (Phi) is 23.4. The normalized spacial score (nSPS) is 4.57. The molecule has 6 heteroatoms. The number of hydrogen-bond donors (Lipinski definition) is 0. The van der Waals surface area contributed by atoms with Crippen LogP contribution in [0.4, 0.5) is 4.79 Å². The van der Waals surface area contributed by atoms with Gasteiger partial charge >= 0.3 is 68.0 Å². The van der Waals surface area contributed by atoms with E-state index in [4.69, 9.17) is 9.90 Å². The minimum atomic E-state index is -1.48. The number of hydrogen-bond acceptors (Lipinski definition) is 3. The number of rotatable bonds is 0. The van der Waals surface area contributed by atoms with Crippen LogP contribution >= 0.6 is 0 Å². The Morgan fingerprint density at radius 1 is 1.71 bits per heavy atom. The largest absolute Gasteiger partial charge is 1.00 e. The summed E-state index contributed by atoms with van der Waals surface area (Å²) in [7, 11) is 0. The van der Waals surface area contributed by atoms with Crippen molar-refractivity contribution in [1.29, 1.82) is 0 Å². The standard InChI is InChI=1S/CH2O3.Al.K.H2O.H/c2-1(3)4;;;;/h(H2,2,3,4);;;1H2;/q;2*+1;;/p-2. The third-order valence-corrected chi connectivity index (χ3v) is 0.354. The molecule has 0 unspecified atom stereocenters. The van der Waals surface area contributed by atoms with Gasteiger partial charge in [0.25, 0.3) is 0 Å². The van der Waals surface area contributed by atoms with E-state index in [9.17, 15) is 0 Å². The van der Waals surface area contributed by atoms with Crippen LogP contribution in [0.3, 0.4) is 0 Å². The Morgan fingerprint density at radius 3 is 1.86 bits per heavy atom. The monoisotopic (exact) mass is 145 g/mol. The maximum absolute atomic E-state index is 9.04. The Bertz CT molecular complexity index is 47.0. The van der Waals surface area contributed by atoms with E-state index in [1.807, 2.05) is 0 Å². The van der Waals surface area contributed by atoms with E-state index in [0.717, 1.165) is 16.6 Å². The summed E-state index contributed by atoms with van der Waals surface area (Å²) < 4.78 is 3.58. The van der Waals surface area contributed by atoms with E-state index in [1.54, 1.807) is 0 Å². The molecular weight excluding hydrogens is 142 g/mol. The van der Waals surface area contributed by atoms with Crippen molar-refractivity contribution in [2.45, 2.75) is 0 Å². The summed E-state index contributed by atoms with van der Waals surface area (Å²) in [6.07, 6.45) is -1.48. The van der Waals surface area contributed by atoms with Crippen LogP contribution in [0.1, 0.15) is 0 Å². The van der Waals surface area contributed by atoms with E-state index in [1.165, 1.54) is 0 Å². The molecule has 0 aliphatic rings. The molecule has 0 amide bonds. The van der Waals surface area contributed by atoms with Gasteiger partial charge in [-0.2, -0.15) is 0 Å². The molecule has 35 valence electrons. The van der Waals surface area contributed by atoms with Crippen LogP contribution in [-0.2, 0) is 3.79 Å². The van der Waals surface area contributed by atoms with Crippen molar-refractivity contribution in [3.8, 4) is 0 Å². The maximum atomic E-state index is 9.04. The van der Waals surface area contributed by atoms with Gasteiger partial charge in [0.2, 0.25) is 6.16 Å². The first-order chi connectivity index (χ1) is 2.27. The van der Waals surface area contributed by atoms with Crippen LogP contribution in [-0.4, -0.2) is 28.3 Å². The molecule has 0 aliphatic carbocycles. The molecule has 0 aromatic rings. The van der Waals surface area contributed by atoms with Crippen LogP contribution in [0.15, 0.2) is 0 Å². The maximum Gasteiger partial charge on any atom is 1.00 e. The zero-order chi connectivity index (χ0) is 4.28. The average Bonchev–Trinajstić information content (AvgIpc) is 1.38. The van der Waals surface area contributed by atoms with Crippen LogP contribution in [0.5, 0.6) is 0 Å². The van der Waals surface area contributed by atoms with Gasteiger partial charge in [-0.3, -0.25) is 0 Å². The SMILES string of the molecule is O.O=C([O-])[O][AlH].[K+]. The second kappa shape index (κ2) is 10.4. The minimum Gasteiger partial charge on any atom is -0.668 e. The van der Waals surface area contributed by atoms with Crippen LogP contribution in [0, 0.1) is 0 Å². The van der Waals surface area contributed by atoms with Gasteiger partial charge in [0.1, 0.15) is 0 Å². The first kappa shape index (κ1) is 15.8. The quantitative estimate of drug-likeness (QED) is 0.318. The Hall–Kier alpha value is 1.40. The predicted molar refractivity (Wildman–Crippen MR) is 17.2 cm³/mol. The number of carboxylic acid groups (broad SMARTS) is 1. The first-order valence-electron chi connectivity index (χ1n) is 0.901. The Labute approximate surface area is 91.7 Å². The molecule has 0 fully saturated rings. The summed E-state index contributed by atoms with van der Waals surface area (Å²) in [5.74, 6) is 0. The van der Waals surface area contributed by atoms with Gasteiger partial charge < -0.3 is 19.2 Å². The summed E-state index contributed by atoms with van der Waals surface area (Å²) in [6, 6.07) is 0. The van der Waals surface area contributed by atoms with E-state index in [2.05, 4.69) is 3.79 Å². The summed E-state index contributed by atoms with van der Waals surface area (Å²) in [5, 5.41) is 9.04. The third kappa shape index (κ3) is 18.7. The van der Waals surface area contributed by atoms with Crippen LogP contribution in [0.25, 0.3) is 0 Å². The third-order valence-electron chi connectivity index (χ3n) is 0.118. The zero-order valence-electron chi connectivity index (χ0n) is 3.93. The number of carbonyl (C=O) groups excluding carboxylic acids is 1. The Balaban J connectivity index is -0.0000000800. The summed E-state index contributed by atoms with van der Waals surface area (Å²) in [4.78, 5) is 9.04. The molecule has 0 saturated carbocycles. The molecule has 0 aromatic carbocycles. The average molecular weight is 145 g/mol. The molecule has 4 nitrogen and oxygen atoms in total. The molecule has 0 atom stereocenters.